The molecule has 1 aliphatic rings. The normalized spacial score (nSPS) is 30.4. The molecule has 1 aromatic rings. The quantitative estimate of drug-likeness (QED) is 0.885. The largest absolute Gasteiger partial charge is 0.307 e. The third kappa shape index (κ3) is 3.33. The molecule has 0 aromatic carbocycles. The second kappa shape index (κ2) is 5.70. The minimum Gasteiger partial charge on any atom is -0.307 e. The van der Waals surface area contributed by atoms with Crippen LogP contribution < -0.4 is 5.32 Å². The van der Waals surface area contributed by atoms with Crippen molar-refractivity contribution in [1.29, 1.82) is 0 Å². The lowest BCUT2D eigenvalue weighted by Crippen LogP contribution is -2.37. The van der Waals surface area contributed by atoms with Gasteiger partial charge in [-0.15, -0.1) is 11.3 Å². The van der Waals surface area contributed by atoms with Gasteiger partial charge in [0.25, 0.3) is 0 Å². The molecule has 2 nitrogen and oxygen atoms in total. The van der Waals surface area contributed by atoms with Crippen LogP contribution in [0.3, 0.4) is 0 Å². The second-order valence-corrected chi connectivity index (χ2v) is 7.42. The Kier molecular flexibility index (Phi) is 4.44. The minimum atomic E-state index is 0.443. The molecule has 3 unspecified atom stereocenters. The van der Waals surface area contributed by atoms with Gasteiger partial charge in [0.15, 0.2) is 0 Å². The van der Waals surface area contributed by atoms with Gasteiger partial charge in [-0.2, -0.15) is 0 Å². The molecule has 1 aliphatic carbocycles. The zero-order valence-corrected chi connectivity index (χ0v) is 13.1. The molecule has 0 spiro atoms. The maximum atomic E-state index is 4.53. The van der Waals surface area contributed by atoms with E-state index in [1.165, 1.54) is 34.8 Å². The van der Waals surface area contributed by atoms with E-state index in [2.05, 4.69) is 44.9 Å². The Balaban J connectivity index is 1.98. The maximum Gasteiger partial charge on any atom is 0.0900 e. The number of hydrogen-bond donors (Lipinski definition) is 1. The van der Waals surface area contributed by atoms with Crippen molar-refractivity contribution in [2.75, 3.05) is 0 Å². The summed E-state index contributed by atoms with van der Waals surface area (Å²) in [6, 6.07) is 1.12. The van der Waals surface area contributed by atoms with Crippen molar-refractivity contribution >= 4 is 11.3 Å². The third-order valence-electron chi connectivity index (χ3n) is 4.00. The molecule has 1 saturated carbocycles. The average molecular weight is 266 g/mol. The Morgan fingerprint density at radius 1 is 1.17 bits per heavy atom. The van der Waals surface area contributed by atoms with Crippen LogP contribution in [0.2, 0.25) is 0 Å². The summed E-state index contributed by atoms with van der Waals surface area (Å²) in [7, 11) is 0. The van der Waals surface area contributed by atoms with Crippen LogP contribution in [0.25, 0.3) is 0 Å². The van der Waals surface area contributed by atoms with E-state index >= 15 is 0 Å². The van der Waals surface area contributed by atoms with Crippen molar-refractivity contribution in [2.24, 2.45) is 11.8 Å². The molecule has 0 bridgehead atoms. The van der Waals surface area contributed by atoms with Gasteiger partial charge in [-0.1, -0.05) is 13.8 Å². The molecule has 1 N–H and O–H groups in total. The predicted octanol–water partition coefficient (Wildman–Crippen LogP) is 4.24. The molecule has 3 heteroatoms. The fourth-order valence-electron chi connectivity index (χ4n) is 3.46. The lowest BCUT2D eigenvalue weighted by molar-refractivity contribution is 0.229. The molecule has 1 heterocycles. The molecule has 0 radical (unpaired) electrons. The van der Waals surface area contributed by atoms with Gasteiger partial charge in [-0.3, -0.25) is 0 Å². The Bertz CT molecular complexity index is 389. The van der Waals surface area contributed by atoms with Gasteiger partial charge < -0.3 is 5.32 Å². The summed E-state index contributed by atoms with van der Waals surface area (Å²) < 4.78 is 0. The highest BCUT2D eigenvalue weighted by Crippen LogP contribution is 2.31. The van der Waals surface area contributed by atoms with Crippen LogP contribution in [0.4, 0.5) is 0 Å². The Morgan fingerprint density at radius 3 is 2.28 bits per heavy atom. The summed E-state index contributed by atoms with van der Waals surface area (Å²) in [4.78, 5) is 5.95. The summed E-state index contributed by atoms with van der Waals surface area (Å²) >= 11 is 1.84. The summed E-state index contributed by atoms with van der Waals surface area (Å²) in [6.07, 6.45) is 4.04. The molecule has 3 atom stereocenters. The first-order valence-corrected chi connectivity index (χ1v) is 7.97. The van der Waals surface area contributed by atoms with E-state index in [9.17, 15) is 0 Å². The zero-order valence-electron chi connectivity index (χ0n) is 12.3. The van der Waals surface area contributed by atoms with E-state index in [4.69, 9.17) is 0 Å². The molecule has 102 valence electrons. The van der Waals surface area contributed by atoms with Crippen molar-refractivity contribution in [3.8, 4) is 0 Å². The lowest BCUT2D eigenvalue weighted by atomic mass is 9.80. The highest BCUT2D eigenvalue weighted by molar-refractivity contribution is 7.11. The molecular weight excluding hydrogens is 240 g/mol. The highest BCUT2D eigenvalue weighted by atomic mass is 32.1. The molecule has 0 amide bonds. The molecule has 0 saturated heterocycles. The molecule has 18 heavy (non-hydrogen) atoms. The van der Waals surface area contributed by atoms with Gasteiger partial charge in [0.2, 0.25) is 0 Å². The van der Waals surface area contributed by atoms with Crippen molar-refractivity contribution in [1.82, 2.24) is 10.3 Å². The Labute approximate surface area is 115 Å². The maximum absolute atomic E-state index is 4.53. The topological polar surface area (TPSA) is 24.9 Å². The standard InChI is InChI=1S/C15H26N2S/c1-9-6-10(2)8-14(7-9)17-12(4)15-11(3)16-13(5)18-15/h9-10,12,14,17H,6-8H2,1-5H3. The molecule has 1 aromatic heterocycles. The summed E-state index contributed by atoms with van der Waals surface area (Å²) in [6.45, 7) is 11.3. The van der Waals surface area contributed by atoms with Gasteiger partial charge in [-0.25, -0.2) is 4.98 Å². The SMILES string of the molecule is Cc1nc(C)c(C(C)NC2CC(C)CC(C)C2)s1. The monoisotopic (exact) mass is 266 g/mol. The van der Waals surface area contributed by atoms with Crippen LogP contribution in [-0.4, -0.2) is 11.0 Å². The van der Waals surface area contributed by atoms with Crippen molar-refractivity contribution < 1.29 is 0 Å². The van der Waals surface area contributed by atoms with Gasteiger partial charge in [0, 0.05) is 17.0 Å². The number of thiazole rings is 1. The minimum absolute atomic E-state index is 0.443. The fraction of sp³-hybridized carbons (Fsp3) is 0.800. The van der Waals surface area contributed by atoms with Gasteiger partial charge >= 0.3 is 0 Å². The first-order chi connectivity index (χ1) is 8.45. The van der Waals surface area contributed by atoms with E-state index in [1.54, 1.807) is 0 Å². The number of hydrogen-bond acceptors (Lipinski definition) is 3. The average Bonchev–Trinajstić information content (AvgIpc) is 2.56. The van der Waals surface area contributed by atoms with E-state index in [-0.39, 0.29) is 0 Å². The Hall–Kier alpha value is -0.410. The van der Waals surface area contributed by atoms with E-state index in [0.717, 1.165) is 11.8 Å². The Morgan fingerprint density at radius 2 is 1.78 bits per heavy atom. The number of aryl methyl sites for hydroxylation is 2. The van der Waals surface area contributed by atoms with Crippen LogP contribution >= 0.6 is 11.3 Å². The van der Waals surface area contributed by atoms with E-state index in [1.807, 2.05) is 11.3 Å². The smallest absolute Gasteiger partial charge is 0.0900 e. The van der Waals surface area contributed by atoms with Crippen LogP contribution in [0, 0.1) is 25.7 Å². The number of aromatic nitrogens is 1. The van der Waals surface area contributed by atoms with Crippen molar-refractivity contribution in [2.45, 2.75) is 66.0 Å². The second-order valence-electron chi connectivity index (χ2n) is 6.19. The molecule has 0 aliphatic heterocycles. The number of nitrogens with zero attached hydrogens (tertiary/aromatic N) is 1. The number of rotatable bonds is 3. The summed E-state index contributed by atoms with van der Waals surface area (Å²) in [5.41, 5.74) is 1.20. The van der Waals surface area contributed by atoms with Crippen LogP contribution in [-0.2, 0) is 0 Å². The molecule has 2 rings (SSSR count). The lowest BCUT2D eigenvalue weighted by Gasteiger charge is -2.33. The van der Waals surface area contributed by atoms with Gasteiger partial charge in [0.05, 0.1) is 10.7 Å². The highest BCUT2D eigenvalue weighted by Gasteiger charge is 2.25. The van der Waals surface area contributed by atoms with E-state index in [0.29, 0.717) is 12.1 Å². The number of nitrogens with one attached hydrogen (secondary N) is 1. The third-order valence-corrected chi connectivity index (χ3v) is 5.25. The first kappa shape index (κ1) is 14.0. The summed E-state index contributed by atoms with van der Waals surface area (Å²) in [5.74, 6) is 1.73. The van der Waals surface area contributed by atoms with Crippen LogP contribution in [0.1, 0.15) is 61.7 Å². The summed E-state index contributed by atoms with van der Waals surface area (Å²) in [5, 5.41) is 5.00. The van der Waals surface area contributed by atoms with Gasteiger partial charge in [0.1, 0.15) is 0 Å². The first-order valence-electron chi connectivity index (χ1n) is 7.15. The van der Waals surface area contributed by atoms with E-state index < -0.39 is 0 Å². The van der Waals surface area contributed by atoms with Gasteiger partial charge in [-0.05, 0) is 51.9 Å². The predicted molar refractivity (Wildman–Crippen MR) is 79.1 cm³/mol. The van der Waals surface area contributed by atoms with Crippen LogP contribution in [0.5, 0.6) is 0 Å². The van der Waals surface area contributed by atoms with Crippen molar-refractivity contribution in [3.05, 3.63) is 15.6 Å². The van der Waals surface area contributed by atoms with Crippen molar-refractivity contribution in [3.63, 3.8) is 0 Å². The zero-order chi connectivity index (χ0) is 13.3. The fourth-order valence-corrected chi connectivity index (χ4v) is 4.40. The van der Waals surface area contributed by atoms with Crippen LogP contribution in [0.15, 0.2) is 0 Å². The molecular formula is C15H26N2S. The molecule has 1 fully saturated rings.